The number of anilines is 1. The molecule has 0 heterocycles. The van der Waals surface area contributed by atoms with E-state index in [1.54, 1.807) is 18.2 Å². The van der Waals surface area contributed by atoms with E-state index in [9.17, 15) is 13.5 Å². The summed E-state index contributed by atoms with van der Waals surface area (Å²) in [5, 5.41) is 11.9. The van der Waals surface area contributed by atoms with Gasteiger partial charge >= 0.3 is 0 Å². The number of phenolic OH excluding ortho intramolecular Hbond substituents is 1. The molecule has 5 nitrogen and oxygen atoms in total. The Bertz CT molecular complexity index is 767. The summed E-state index contributed by atoms with van der Waals surface area (Å²) in [6.45, 7) is 0. The minimum atomic E-state index is -3.77. The standard InChI is InChI=1S/C13H10N2O3S2/c16-13-7-6-10(14-9-19)8-12(13)15-20(17,18)11-4-2-1-3-5-11/h1-8,15-16H. The highest BCUT2D eigenvalue weighted by atomic mass is 32.2. The topological polar surface area (TPSA) is 78.8 Å². The van der Waals surface area contributed by atoms with Crippen molar-refractivity contribution in [3.8, 4) is 5.75 Å². The molecule has 0 atom stereocenters. The highest BCUT2D eigenvalue weighted by Crippen LogP contribution is 2.29. The SMILES string of the molecule is O=S(=O)(Nc1cc(N=C=S)ccc1O)c1ccccc1. The first-order chi connectivity index (χ1) is 9.53. The maximum absolute atomic E-state index is 12.1. The fourth-order valence-corrected chi connectivity index (χ4v) is 2.72. The molecule has 7 heteroatoms. The third kappa shape index (κ3) is 3.21. The first-order valence-electron chi connectivity index (χ1n) is 5.52. The summed E-state index contributed by atoms with van der Waals surface area (Å²) in [7, 11) is -3.77. The van der Waals surface area contributed by atoms with E-state index in [1.165, 1.54) is 30.3 Å². The van der Waals surface area contributed by atoms with Gasteiger partial charge in [-0.2, -0.15) is 4.99 Å². The van der Waals surface area contributed by atoms with Crippen molar-refractivity contribution >= 4 is 38.8 Å². The second-order valence-corrected chi connectivity index (χ2v) is 5.69. The van der Waals surface area contributed by atoms with Crippen molar-refractivity contribution in [1.29, 1.82) is 0 Å². The van der Waals surface area contributed by atoms with E-state index in [1.807, 2.05) is 0 Å². The molecule has 0 saturated carbocycles. The Balaban J connectivity index is 2.39. The third-order valence-electron chi connectivity index (χ3n) is 2.45. The third-order valence-corrected chi connectivity index (χ3v) is 3.93. The molecule has 0 aliphatic rings. The molecular weight excluding hydrogens is 296 g/mol. The number of sulfonamides is 1. The Morgan fingerprint density at radius 3 is 2.50 bits per heavy atom. The van der Waals surface area contributed by atoms with Crippen molar-refractivity contribution in [2.45, 2.75) is 4.90 Å². The lowest BCUT2D eigenvalue weighted by Crippen LogP contribution is -2.12. The van der Waals surface area contributed by atoms with Gasteiger partial charge in [0.2, 0.25) is 0 Å². The smallest absolute Gasteiger partial charge is 0.262 e. The number of phenols is 1. The Hall–Kier alpha value is -2.21. The fraction of sp³-hybridized carbons (Fsp3) is 0. The lowest BCUT2D eigenvalue weighted by atomic mass is 10.2. The Morgan fingerprint density at radius 1 is 1.15 bits per heavy atom. The van der Waals surface area contributed by atoms with Gasteiger partial charge in [0, 0.05) is 0 Å². The average molecular weight is 306 g/mol. The maximum atomic E-state index is 12.1. The van der Waals surface area contributed by atoms with Crippen LogP contribution in [0.25, 0.3) is 0 Å². The quantitative estimate of drug-likeness (QED) is 0.517. The van der Waals surface area contributed by atoms with Crippen LogP contribution in [-0.4, -0.2) is 18.7 Å². The van der Waals surface area contributed by atoms with E-state index in [0.29, 0.717) is 5.69 Å². The number of rotatable bonds is 4. The average Bonchev–Trinajstić information content (AvgIpc) is 2.44. The number of aliphatic imine (C=N–C) groups is 1. The van der Waals surface area contributed by atoms with E-state index < -0.39 is 10.0 Å². The molecule has 0 spiro atoms. The number of isothiocyanates is 1. The van der Waals surface area contributed by atoms with Crippen molar-refractivity contribution in [2.75, 3.05) is 4.72 Å². The van der Waals surface area contributed by atoms with Gasteiger partial charge in [0.25, 0.3) is 10.0 Å². The Labute approximate surface area is 121 Å². The van der Waals surface area contributed by atoms with Crippen LogP contribution in [0.4, 0.5) is 11.4 Å². The zero-order valence-electron chi connectivity index (χ0n) is 10.1. The van der Waals surface area contributed by atoms with Crippen molar-refractivity contribution in [3.05, 3.63) is 48.5 Å². The summed E-state index contributed by atoms with van der Waals surface area (Å²) in [5.41, 5.74) is 0.420. The Kier molecular flexibility index (Phi) is 4.14. The summed E-state index contributed by atoms with van der Waals surface area (Å²) < 4.78 is 26.6. The van der Waals surface area contributed by atoms with Crippen LogP contribution in [-0.2, 0) is 10.0 Å². The second-order valence-electron chi connectivity index (χ2n) is 3.82. The molecule has 0 aliphatic carbocycles. The van der Waals surface area contributed by atoms with Gasteiger partial charge < -0.3 is 5.11 Å². The number of hydrogen-bond acceptors (Lipinski definition) is 5. The van der Waals surface area contributed by atoms with Gasteiger partial charge in [-0.3, -0.25) is 4.72 Å². The summed E-state index contributed by atoms with van der Waals surface area (Å²) in [6, 6.07) is 12.0. The van der Waals surface area contributed by atoms with Gasteiger partial charge in [-0.05, 0) is 42.5 Å². The monoisotopic (exact) mass is 306 g/mol. The molecule has 0 unspecified atom stereocenters. The maximum Gasteiger partial charge on any atom is 0.262 e. The number of nitrogens with zero attached hydrogens (tertiary/aromatic N) is 1. The molecule has 0 radical (unpaired) electrons. The van der Waals surface area contributed by atoms with Crippen LogP contribution >= 0.6 is 12.2 Å². The van der Waals surface area contributed by atoms with Crippen molar-refractivity contribution in [1.82, 2.24) is 0 Å². The van der Waals surface area contributed by atoms with Gasteiger partial charge in [-0.15, -0.1) is 0 Å². The number of hydrogen-bond donors (Lipinski definition) is 2. The molecule has 2 N–H and O–H groups in total. The van der Waals surface area contributed by atoms with Gasteiger partial charge in [-0.1, -0.05) is 18.2 Å². The minimum absolute atomic E-state index is 0.0281. The first kappa shape index (κ1) is 14.2. The minimum Gasteiger partial charge on any atom is -0.506 e. The lowest BCUT2D eigenvalue weighted by Gasteiger charge is -2.09. The van der Waals surface area contributed by atoms with Crippen molar-refractivity contribution in [2.24, 2.45) is 4.99 Å². The largest absolute Gasteiger partial charge is 0.506 e. The van der Waals surface area contributed by atoms with E-state index in [2.05, 4.69) is 27.1 Å². The molecule has 2 aromatic carbocycles. The number of aromatic hydroxyl groups is 1. The number of nitrogens with one attached hydrogen (secondary N) is 1. The molecule has 0 aromatic heterocycles. The predicted octanol–water partition coefficient (Wildman–Crippen LogP) is 2.93. The fourth-order valence-electron chi connectivity index (χ4n) is 1.53. The first-order valence-corrected chi connectivity index (χ1v) is 7.41. The van der Waals surface area contributed by atoms with Crippen LogP contribution in [0.2, 0.25) is 0 Å². The van der Waals surface area contributed by atoms with E-state index in [4.69, 9.17) is 0 Å². The molecule has 20 heavy (non-hydrogen) atoms. The van der Waals surface area contributed by atoms with Gasteiger partial charge in [0.05, 0.1) is 21.4 Å². The molecule has 2 aromatic rings. The van der Waals surface area contributed by atoms with E-state index in [-0.39, 0.29) is 16.3 Å². The summed E-state index contributed by atoms with van der Waals surface area (Å²) in [4.78, 5) is 3.83. The highest BCUT2D eigenvalue weighted by molar-refractivity contribution is 7.92. The van der Waals surface area contributed by atoms with Crippen LogP contribution in [0.1, 0.15) is 0 Å². The van der Waals surface area contributed by atoms with Gasteiger partial charge in [0.15, 0.2) is 0 Å². The molecule has 0 amide bonds. The molecular formula is C13H10N2O3S2. The molecule has 0 bridgehead atoms. The molecule has 102 valence electrons. The van der Waals surface area contributed by atoms with Crippen LogP contribution in [0.3, 0.4) is 0 Å². The molecule has 0 fully saturated rings. The number of benzene rings is 2. The van der Waals surface area contributed by atoms with Crippen LogP contribution in [0.5, 0.6) is 5.75 Å². The summed E-state index contributed by atoms with van der Waals surface area (Å²) >= 11 is 4.48. The molecule has 0 saturated heterocycles. The lowest BCUT2D eigenvalue weighted by molar-refractivity contribution is 0.477. The van der Waals surface area contributed by atoms with Crippen molar-refractivity contribution < 1.29 is 13.5 Å². The molecule has 2 rings (SSSR count). The van der Waals surface area contributed by atoms with Crippen LogP contribution in [0, 0.1) is 0 Å². The van der Waals surface area contributed by atoms with Gasteiger partial charge in [0.1, 0.15) is 5.75 Å². The van der Waals surface area contributed by atoms with Gasteiger partial charge in [-0.25, -0.2) is 8.42 Å². The van der Waals surface area contributed by atoms with E-state index in [0.717, 1.165) is 0 Å². The Morgan fingerprint density at radius 2 is 1.85 bits per heavy atom. The van der Waals surface area contributed by atoms with Crippen molar-refractivity contribution in [3.63, 3.8) is 0 Å². The summed E-state index contributed by atoms with van der Waals surface area (Å²) in [6.07, 6.45) is 0. The highest BCUT2D eigenvalue weighted by Gasteiger charge is 2.15. The normalized spacial score (nSPS) is 10.6. The van der Waals surface area contributed by atoms with E-state index >= 15 is 0 Å². The predicted molar refractivity (Wildman–Crippen MR) is 80.0 cm³/mol. The van der Waals surface area contributed by atoms with Crippen LogP contribution in [0.15, 0.2) is 58.4 Å². The molecule has 0 aliphatic heterocycles. The zero-order valence-corrected chi connectivity index (χ0v) is 11.8. The van der Waals surface area contributed by atoms with Crippen LogP contribution < -0.4 is 4.72 Å². The zero-order chi connectivity index (χ0) is 14.6. The second kappa shape index (κ2) is 5.83. The number of thiocarbonyl (C=S) groups is 1. The summed E-state index contributed by atoms with van der Waals surface area (Å²) in [5.74, 6) is -0.201.